The molecule has 9 nitrogen and oxygen atoms in total. The zero-order valence-electron chi connectivity index (χ0n) is 21.5. The first kappa shape index (κ1) is 24.5. The van der Waals surface area contributed by atoms with Crippen LogP contribution in [0.3, 0.4) is 0 Å². The summed E-state index contributed by atoms with van der Waals surface area (Å²) in [5.74, 6) is 1.26. The number of fused-ring (bicyclic) bond motifs is 1. The zero-order valence-corrected chi connectivity index (χ0v) is 21.5. The van der Waals surface area contributed by atoms with E-state index in [2.05, 4.69) is 32.7 Å². The highest BCUT2D eigenvalue weighted by Crippen LogP contribution is 2.31. The molecule has 4 heterocycles. The van der Waals surface area contributed by atoms with E-state index < -0.39 is 0 Å². The summed E-state index contributed by atoms with van der Waals surface area (Å²) in [7, 11) is 0. The maximum atomic E-state index is 6.10. The first-order chi connectivity index (χ1) is 18.7. The molecule has 0 saturated carbocycles. The Morgan fingerprint density at radius 1 is 1.00 bits per heavy atom. The van der Waals surface area contributed by atoms with Crippen molar-refractivity contribution in [3.8, 4) is 17.0 Å². The largest absolute Gasteiger partial charge is 0.486 e. The molecule has 2 aromatic carbocycles. The number of hydrogen-bond donors (Lipinski definition) is 2. The first-order valence-corrected chi connectivity index (χ1v) is 13.1. The normalized spacial score (nSPS) is 18.8. The van der Waals surface area contributed by atoms with E-state index in [1.165, 1.54) is 0 Å². The maximum Gasteiger partial charge on any atom is 0.227 e. The van der Waals surface area contributed by atoms with Gasteiger partial charge in [-0.05, 0) is 31.2 Å². The number of nitrogens with one attached hydrogen (secondary N) is 2. The molecule has 9 heteroatoms. The van der Waals surface area contributed by atoms with Crippen LogP contribution in [0.15, 0.2) is 67.0 Å². The Balaban J connectivity index is 1.24. The Morgan fingerprint density at radius 2 is 1.89 bits per heavy atom. The summed E-state index contributed by atoms with van der Waals surface area (Å²) in [5, 5.41) is 7.73. The molecule has 0 radical (unpaired) electrons. The number of pyridine rings is 1. The number of benzene rings is 2. The average molecular weight is 513 g/mol. The lowest BCUT2D eigenvalue weighted by Gasteiger charge is -2.30. The standard InChI is InChI=1S/C29H32N6O3/c1-20(27-19-30-11-14-37-27)38-22-9-10-24(31-18-22)23-6-4-5-21-17-32-29(34-28(21)23)33-25-7-2-3-8-26(25)35-12-15-36-16-13-35/h2-10,17-18,20,27,30H,11-16,19H2,1H3,(H,32,33,34). The first-order valence-electron chi connectivity index (χ1n) is 13.1. The molecule has 38 heavy (non-hydrogen) atoms. The lowest BCUT2D eigenvalue weighted by molar-refractivity contribution is -0.0351. The van der Waals surface area contributed by atoms with E-state index in [4.69, 9.17) is 24.2 Å². The SMILES string of the molecule is CC(Oc1ccc(-c2cccc3cnc(Nc4ccccc4N4CCOCC4)nc23)nc1)C1CNCCO1. The molecule has 0 aliphatic carbocycles. The molecule has 6 rings (SSSR count). The molecule has 4 aromatic rings. The number of morpholine rings is 2. The number of nitrogens with zero attached hydrogens (tertiary/aromatic N) is 4. The van der Waals surface area contributed by atoms with Gasteiger partial charge < -0.3 is 29.7 Å². The predicted molar refractivity (Wildman–Crippen MR) is 148 cm³/mol. The van der Waals surface area contributed by atoms with E-state index in [1.807, 2.05) is 55.6 Å². The van der Waals surface area contributed by atoms with Crippen LogP contribution in [0.4, 0.5) is 17.3 Å². The third kappa shape index (κ3) is 5.40. The van der Waals surface area contributed by atoms with Crippen LogP contribution < -0.4 is 20.3 Å². The van der Waals surface area contributed by atoms with Crippen molar-refractivity contribution in [3.05, 3.63) is 67.0 Å². The van der Waals surface area contributed by atoms with Crippen molar-refractivity contribution in [3.63, 3.8) is 0 Å². The number of aromatic nitrogens is 3. The molecule has 2 aromatic heterocycles. The second kappa shape index (κ2) is 11.3. The Morgan fingerprint density at radius 3 is 2.71 bits per heavy atom. The van der Waals surface area contributed by atoms with Crippen molar-refractivity contribution >= 4 is 28.2 Å². The van der Waals surface area contributed by atoms with E-state index in [0.29, 0.717) is 18.3 Å². The van der Waals surface area contributed by atoms with E-state index in [-0.39, 0.29) is 12.2 Å². The summed E-state index contributed by atoms with van der Waals surface area (Å²) in [6, 6.07) is 18.2. The Labute approximate surface area is 222 Å². The fraction of sp³-hybridized carbons (Fsp3) is 0.345. The molecule has 0 spiro atoms. The topological polar surface area (TPSA) is 93.7 Å². The second-order valence-corrected chi connectivity index (χ2v) is 9.49. The number of anilines is 3. The molecular formula is C29H32N6O3. The highest BCUT2D eigenvalue weighted by Gasteiger charge is 2.22. The molecule has 2 fully saturated rings. The van der Waals surface area contributed by atoms with E-state index in [1.54, 1.807) is 6.20 Å². The van der Waals surface area contributed by atoms with Crippen LogP contribution in [0.25, 0.3) is 22.2 Å². The summed E-state index contributed by atoms with van der Waals surface area (Å²) in [5.41, 5.74) is 4.69. The Bertz CT molecular complexity index is 1370. The quantitative estimate of drug-likeness (QED) is 0.381. The molecule has 2 N–H and O–H groups in total. The number of rotatable bonds is 7. The third-order valence-corrected chi connectivity index (χ3v) is 6.93. The van der Waals surface area contributed by atoms with Crippen molar-refractivity contribution < 1.29 is 14.2 Å². The molecule has 2 aliphatic heterocycles. The van der Waals surface area contributed by atoms with Gasteiger partial charge in [0.05, 0.1) is 48.6 Å². The predicted octanol–water partition coefficient (Wildman–Crippen LogP) is 4.03. The molecule has 2 aliphatic rings. The van der Waals surface area contributed by atoms with Crippen LogP contribution >= 0.6 is 0 Å². The van der Waals surface area contributed by atoms with Gasteiger partial charge in [0, 0.05) is 43.3 Å². The molecule has 196 valence electrons. The number of para-hydroxylation sites is 3. The lowest BCUT2D eigenvalue weighted by Crippen LogP contribution is -2.46. The van der Waals surface area contributed by atoms with Gasteiger partial charge in [-0.15, -0.1) is 0 Å². The minimum absolute atomic E-state index is 0.0255. The van der Waals surface area contributed by atoms with Crippen molar-refractivity contribution in [1.29, 1.82) is 0 Å². The fourth-order valence-corrected chi connectivity index (χ4v) is 4.89. The average Bonchev–Trinajstić information content (AvgIpc) is 2.98. The summed E-state index contributed by atoms with van der Waals surface area (Å²) < 4.78 is 17.4. The van der Waals surface area contributed by atoms with Crippen molar-refractivity contribution in [2.75, 3.05) is 56.2 Å². The molecule has 2 unspecified atom stereocenters. The van der Waals surface area contributed by atoms with Crippen molar-refractivity contribution in [2.24, 2.45) is 0 Å². The minimum Gasteiger partial charge on any atom is -0.486 e. The van der Waals surface area contributed by atoms with E-state index in [0.717, 1.165) is 72.9 Å². The molecule has 0 bridgehead atoms. The van der Waals surface area contributed by atoms with Gasteiger partial charge in [0.15, 0.2) is 0 Å². The summed E-state index contributed by atoms with van der Waals surface area (Å²) in [4.78, 5) is 16.5. The second-order valence-electron chi connectivity index (χ2n) is 9.49. The van der Waals surface area contributed by atoms with Gasteiger partial charge in [-0.3, -0.25) is 4.98 Å². The molecular weight excluding hydrogens is 480 g/mol. The summed E-state index contributed by atoms with van der Waals surface area (Å²) >= 11 is 0. The molecule has 2 saturated heterocycles. The van der Waals surface area contributed by atoms with Gasteiger partial charge in [0.2, 0.25) is 5.95 Å². The summed E-state index contributed by atoms with van der Waals surface area (Å²) in [6.07, 6.45) is 3.56. The van der Waals surface area contributed by atoms with Gasteiger partial charge >= 0.3 is 0 Å². The van der Waals surface area contributed by atoms with Crippen LogP contribution in [0.2, 0.25) is 0 Å². The maximum absolute atomic E-state index is 6.10. The monoisotopic (exact) mass is 512 g/mol. The molecule has 2 atom stereocenters. The van der Waals surface area contributed by atoms with Crippen molar-refractivity contribution in [2.45, 2.75) is 19.1 Å². The Kier molecular flexibility index (Phi) is 7.30. The third-order valence-electron chi connectivity index (χ3n) is 6.93. The number of hydrogen-bond acceptors (Lipinski definition) is 9. The van der Waals surface area contributed by atoms with Gasteiger partial charge in [-0.1, -0.05) is 30.3 Å². The van der Waals surface area contributed by atoms with Crippen LogP contribution in [-0.2, 0) is 9.47 Å². The minimum atomic E-state index is -0.0743. The summed E-state index contributed by atoms with van der Waals surface area (Å²) in [6.45, 7) is 7.57. The fourth-order valence-electron chi connectivity index (χ4n) is 4.89. The number of ether oxygens (including phenoxy) is 3. The highest BCUT2D eigenvalue weighted by molar-refractivity contribution is 5.93. The van der Waals surface area contributed by atoms with Gasteiger partial charge in [-0.2, -0.15) is 0 Å². The van der Waals surface area contributed by atoms with Crippen LogP contribution in [-0.4, -0.2) is 73.2 Å². The van der Waals surface area contributed by atoms with Crippen LogP contribution in [0.1, 0.15) is 6.92 Å². The lowest BCUT2D eigenvalue weighted by atomic mass is 10.1. The highest BCUT2D eigenvalue weighted by atomic mass is 16.5. The van der Waals surface area contributed by atoms with Crippen molar-refractivity contribution in [1.82, 2.24) is 20.3 Å². The van der Waals surface area contributed by atoms with Crippen LogP contribution in [0, 0.1) is 0 Å². The van der Waals surface area contributed by atoms with Gasteiger partial charge in [-0.25, -0.2) is 9.97 Å². The van der Waals surface area contributed by atoms with E-state index >= 15 is 0 Å². The van der Waals surface area contributed by atoms with E-state index in [9.17, 15) is 0 Å². The Hall–Kier alpha value is -3.79. The van der Waals surface area contributed by atoms with Gasteiger partial charge in [0.1, 0.15) is 18.0 Å². The zero-order chi connectivity index (χ0) is 25.7. The smallest absolute Gasteiger partial charge is 0.227 e. The molecule has 0 amide bonds. The van der Waals surface area contributed by atoms with Gasteiger partial charge in [0.25, 0.3) is 0 Å². The van der Waals surface area contributed by atoms with Crippen LogP contribution in [0.5, 0.6) is 5.75 Å².